The van der Waals surface area contributed by atoms with Crippen molar-refractivity contribution in [2.45, 2.75) is 0 Å². The third-order valence-electron chi connectivity index (χ3n) is 3.34. The summed E-state index contributed by atoms with van der Waals surface area (Å²) in [7, 11) is 0. The number of pyridine rings is 1. The second kappa shape index (κ2) is 5.69. The predicted molar refractivity (Wildman–Crippen MR) is 82.2 cm³/mol. The molecule has 2 aromatic carbocycles. The van der Waals surface area contributed by atoms with Gasteiger partial charge >= 0.3 is 0 Å². The summed E-state index contributed by atoms with van der Waals surface area (Å²) in [5.41, 5.74) is 0.854. The number of hydrogen-bond donors (Lipinski definition) is 0. The second-order valence-electron chi connectivity index (χ2n) is 4.76. The van der Waals surface area contributed by atoms with Crippen molar-refractivity contribution < 1.29 is 14.4 Å². The van der Waals surface area contributed by atoms with Crippen LogP contribution in [-0.2, 0) is 0 Å². The summed E-state index contributed by atoms with van der Waals surface area (Å²) >= 11 is 0. The topological polar surface area (TPSA) is 64.1 Å². The number of carbonyl (C=O) groups excluding carboxylic acids is 3. The number of para-hydroxylation sites is 1. The van der Waals surface area contributed by atoms with Crippen molar-refractivity contribution >= 4 is 28.8 Å². The Morgan fingerprint density at radius 3 is 2.27 bits per heavy atom. The lowest BCUT2D eigenvalue weighted by atomic mass is 10.0. The van der Waals surface area contributed by atoms with Gasteiger partial charge in [0, 0.05) is 16.5 Å². The number of nitrogens with zero attached hydrogens (tertiary/aromatic N) is 1. The van der Waals surface area contributed by atoms with Crippen LogP contribution in [0.3, 0.4) is 0 Å². The van der Waals surface area contributed by atoms with E-state index in [1.165, 1.54) is 0 Å². The first-order chi connectivity index (χ1) is 10.7. The van der Waals surface area contributed by atoms with Crippen molar-refractivity contribution in [3.05, 3.63) is 77.5 Å². The number of ketones is 2. The summed E-state index contributed by atoms with van der Waals surface area (Å²) in [5, 5.41) is 0.744. The maximum absolute atomic E-state index is 12.4. The third-order valence-corrected chi connectivity index (χ3v) is 3.34. The predicted octanol–water partition coefficient (Wildman–Crippen LogP) is 3.11. The van der Waals surface area contributed by atoms with Crippen LogP contribution in [0.15, 0.2) is 60.7 Å². The standard InChI is InChI=1S/C18H11NO3/c20-11-14-10-13-8-4-5-9-15(13)19-16(14)18(22)17(21)12-6-2-1-3-7-12/h1-11H. The Morgan fingerprint density at radius 1 is 0.864 bits per heavy atom. The Labute approximate surface area is 126 Å². The fraction of sp³-hybridized carbons (Fsp3) is 0. The molecular formula is C18H11NO3. The SMILES string of the molecule is O=Cc1cc2ccccc2nc1C(=O)C(=O)c1ccccc1. The maximum atomic E-state index is 12.4. The highest BCUT2D eigenvalue weighted by atomic mass is 16.2. The molecule has 0 bridgehead atoms. The Bertz CT molecular complexity index is 885. The molecular weight excluding hydrogens is 278 g/mol. The van der Waals surface area contributed by atoms with E-state index in [1.807, 2.05) is 6.07 Å². The molecule has 3 rings (SSSR count). The summed E-state index contributed by atoms with van der Waals surface area (Å²) in [4.78, 5) is 40.1. The highest BCUT2D eigenvalue weighted by Crippen LogP contribution is 2.17. The van der Waals surface area contributed by atoms with Gasteiger partial charge in [-0.2, -0.15) is 0 Å². The van der Waals surface area contributed by atoms with E-state index in [1.54, 1.807) is 54.6 Å². The average Bonchev–Trinajstić information content (AvgIpc) is 2.60. The molecule has 22 heavy (non-hydrogen) atoms. The average molecular weight is 289 g/mol. The van der Waals surface area contributed by atoms with Crippen molar-refractivity contribution in [2.75, 3.05) is 0 Å². The largest absolute Gasteiger partial charge is 0.298 e. The molecule has 4 heteroatoms. The molecule has 4 nitrogen and oxygen atoms in total. The minimum atomic E-state index is -0.779. The molecule has 0 aliphatic heterocycles. The van der Waals surface area contributed by atoms with E-state index in [4.69, 9.17) is 0 Å². The molecule has 0 spiro atoms. The lowest BCUT2D eigenvalue weighted by molar-refractivity contribution is 0.0813. The number of carbonyl (C=O) groups is 3. The van der Waals surface area contributed by atoms with Gasteiger partial charge in [0.1, 0.15) is 5.69 Å². The quantitative estimate of drug-likeness (QED) is 0.420. The minimum absolute atomic E-state index is 0.109. The molecule has 0 fully saturated rings. The van der Waals surface area contributed by atoms with E-state index in [0.717, 1.165) is 5.39 Å². The first-order valence-electron chi connectivity index (χ1n) is 6.70. The molecule has 3 aromatic rings. The molecule has 0 radical (unpaired) electrons. The van der Waals surface area contributed by atoms with Gasteiger partial charge < -0.3 is 0 Å². The lowest BCUT2D eigenvalue weighted by Gasteiger charge is -2.05. The second-order valence-corrected chi connectivity index (χ2v) is 4.76. The monoisotopic (exact) mass is 289 g/mol. The number of benzene rings is 2. The Kier molecular flexibility index (Phi) is 3.58. The minimum Gasteiger partial charge on any atom is -0.298 e. The first-order valence-corrected chi connectivity index (χ1v) is 6.70. The van der Waals surface area contributed by atoms with Crippen LogP contribution in [-0.4, -0.2) is 22.8 Å². The van der Waals surface area contributed by atoms with Crippen molar-refractivity contribution in [2.24, 2.45) is 0 Å². The molecule has 0 atom stereocenters. The molecule has 106 valence electrons. The molecule has 0 amide bonds. The van der Waals surface area contributed by atoms with Gasteiger partial charge in [-0.25, -0.2) is 4.98 Å². The van der Waals surface area contributed by atoms with Crippen LogP contribution < -0.4 is 0 Å². The molecule has 0 aliphatic rings. The fourth-order valence-corrected chi connectivity index (χ4v) is 2.23. The molecule has 1 heterocycles. The van der Waals surface area contributed by atoms with E-state index in [-0.39, 0.29) is 16.8 Å². The normalized spacial score (nSPS) is 10.4. The van der Waals surface area contributed by atoms with Crippen molar-refractivity contribution in [1.29, 1.82) is 0 Å². The van der Waals surface area contributed by atoms with Gasteiger partial charge in [-0.1, -0.05) is 48.5 Å². The third kappa shape index (κ3) is 2.42. The maximum Gasteiger partial charge on any atom is 0.252 e. The summed E-state index contributed by atoms with van der Waals surface area (Å²) < 4.78 is 0. The van der Waals surface area contributed by atoms with E-state index >= 15 is 0 Å². The number of fused-ring (bicyclic) bond motifs is 1. The first kappa shape index (κ1) is 13.8. The number of rotatable bonds is 4. The summed E-state index contributed by atoms with van der Waals surface area (Å²) in [6.07, 6.45) is 0.547. The number of Topliss-reactive ketones (excluding diaryl/α,β-unsaturated/α-hetero) is 2. The van der Waals surface area contributed by atoms with Crippen LogP contribution in [0.2, 0.25) is 0 Å². The van der Waals surface area contributed by atoms with E-state index in [2.05, 4.69) is 4.98 Å². The van der Waals surface area contributed by atoms with Gasteiger partial charge in [0.25, 0.3) is 5.78 Å². The van der Waals surface area contributed by atoms with Crippen molar-refractivity contribution in [3.63, 3.8) is 0 Å². The number of aldehydes is 1. The Hall–Kier alpha value is -3.14. The zero-order valence-corrected chi connectivity index (χ0v) is 11.5. The highest BCUT2D eigenvalue weighted by Gasteiger charge is 2.23. The van der Waals surface area contributed by atoms with Crippen LogP contribution >= 0.6 is 0 Å². The van der Waals surface area contributed by atoms with Gasteiger partial charge in [-0.3, -0.25) is 14.4 Å². The van der Waals surface area contributed by atoms with E-state index < -0.39 is 11.6 Å². The van der Waals surface area contributed by atoms with Gasteiger partial charge in [0.2, 0.25) is 5.78 Å². The van der Waals surface area contributed by atoms with Gasteiger partial charge in [-0.15, -0.1) is 0 Å². The molecule has 0 aliphatic carbocycles. The van der Waals surface area contributed by atoms with Crippen LogP contribution in [0, 0.1) is 0 Å². The highest BCUT2D eigenvalue weighted by molar-refractivity contribution is 6.49. The van der Waals surface area contributed by atoms with Crippen LogP contribution in [0.1, 0.15) is 31.2 Å². The Morgan fingerprint density at radius 2 is 1.55 bits per heavy atom. The molecule has 1 aromatic heterocycles. The van der Waals surface area contributed by atoms with Crippen LogP contribution in [0.25, 0.3) is 10.9 Å². The Balaban J connectivity index is 2.10. The zero-order chi connectivity index (χ0) is 15.5. The molecule has 0 unspecified atom stereocenters. The summed E-state index contributed by atoms with van der Waals surface area (Å²) in [6.45, 7) is 0. The van der Waals surface area contributed by atoms with E-state index in [9.17, 15) is 14.4 Å². The molecule has 0 N–H and O–H groups in total. The van der Waals surface area contributed by atoms with Crippen LogP contribution in [0.5, 0.6) is 0 Å². The van der Waals surface area contributed by atoms with Gasteiger partial charge in [0.05, 0.1) is 5.52 Å². The summed E-state index contributed by atoms with van der Waals surface area (Å²) in [6, 6.07) is 16.9. The number of hydrogen-bond acceptors (Lipinski definition) is 4. The number of aromatic nitrogens is 1. The van der Waals surface area contributed by atoms with Gasteiger partial charge in [-0.05, 0) is 12.1 Å². The van der Waals surface area contributed by atoms with Crippen LogP contribution in [0.4, 0.5) is 0 Å². The fourth-order valence-electron chi connectivity index (χ4n) is 2.23. The van der Waals surface area contributed by atoms with Gasteiger partial charge in [0.15, 0.2) is 6.29 Å². The lowest BCUT2D eigenvalue weighted by Crippen LogP contribution is -2.18. The zero-order valence-electron chi connectivity index (χ0n) is 11.5. The molecule has 0 saturated heterocycles. The smallest absolute Gasteiger partial charge is 0.252 e. The molecule has 0 saturated carbocycles. The van der Waals surface area contributed by atoms with E-state index in [0.29, 0.717) is 11.8 Å². The van der Waals surface area contributed by atoms with Crippen molar-refractivity contribution in [3.8, 4) is 0 Å². The summed E-state index contributed by atoms with van der Waals surface area (Å²) in [5.74, 6) is -1.45. The van der Waals surface area contributed by atoms with Crippen molar-refractivity contribution in [1.82, 2.24) is 4.98 Å².